The Morgan fingerprint density at radius 3 is 2.73 bits per heavy atom. The molecule has 1 aromatic heterocycles. The van der Waals surface area contributed by atoms with E-state index in [1.165, 1.54) is 12.3 Å². The number of furan rings is 1. The van der Waals surface area contributed by atoms with Crippen molar-refractivity contribution in [2.75, 3.05) is 19.6 Å². The van der Waals surface area contributed by atoms with Crippen LogP contribution in [0.4, 0.5) is 0 Å². The molecule has 1 aliphatic heterocycles. The summed E-state index contributed by atoms with van der Waals surface area (Å²) in [4.78, 5) is 25.8. The highest BCUT2D eigenvalue weighted by molar-refractivity contribution is 5.92. The third-order valence-corrected chi connectivity index (χ3v) is 4.52. The van der Waals surface area contributed by atoms with Gasteiger partial charge in [-0.2, -0.15) is 0 Å². The first kappa shape index (κ1) is 17.9. The predicted octanol–water partition coefficient (Wildman–Crippen LogP) is 1.93. The van der Waals surface area contributed by atoms with Crippen LogP contribution in [-0.2, 0) is 4.79 Å². The summed E-state index contributed by atoms with van der Waals surface area (Å²) in [5.74, 6) is -0.258. The van der Waals surface area contributed by atoms with Crippen LogP contribution >= 0.6 is 0 Å². The minimum atomic E-state index is -0.672. The number of aliphatic hydroxyl groups excluding tert-OH is 1. The van der Waals surface area contributed by atoms with Gasteiger partial charge in [-0.1, -0.05) is 30.3 Å². The van der Waals surface area contributed by atoms with Gasteiger partial charge in [0.25, 0.3) is 5.91 Å². The maximum absolute atomic E-state index is 12.3. The first-order valence-corrected chi connectivity index (χ1v) is 8.65. The number of β-amino-alcohol motifs (C(OH)–C–C–N with tert-alkyl or cyclic N) is 1. The van der Waals surface area contributed by atoms with Gasteiger partial charge in [0.05, 0.1) is 12.4 Å². The van der Waals surface area contributed by atoms with Gasteiger partial charge >= 0.3 is 0 Å². The van der Waals surface area contributed by atoms with Gasteiger partial charge in [-0.05, 0) is 30.2 Å². The van der Waals surface area contributed by atoms with Crippen LogP contribution in [0.25, 0.3) is 6.08 Å². The molecule has 2 amide bonds. The Balaban J connectivity index is 1.47. The van der Waals surface area contributed by atoms with Crippen molar-refractivity contribution in [3.8, 4) is 0 Å². The molecule has 2 N–H and O–H groups in total. The number of carbonyl (C=O) groups is 2. The summed E-state index contributed by atoms with van der Waals surface area (Å²) in [5.41, 5.74) is 0.955. The highest BCUT2D eigenvalue weighted by Crippen LogP contribution is 2.18. The number of hydrogen-bond acceptors (Lipinski definition) is 4. The fourth-order valence-electron chi connectivity index (χ4n) is 2.97. The van der Waals surface area contributed by atoms with Crippen molar-refractivity contribution in [1.82, 2.24) is 10.2 Å². The molecule has 2 heterocycles. The minimum Gasteiger partial charge on any atom is -0.459 e. The van der Waals surface area contributed by atoms with E-state index >= 15 is 0 Å². The van der Waals surface area contributed by atoms with Crippen LogP contribution in [0.3, 0.4) is 0 Å². The molecule has 26 heavy (non-hydrogen) atoms. The predicted molar refractivity (Wildman–Crippen MR) is 97.2 cm³/mol. The number of nitrogens with one attached hydrogen (secondary N) is 1. The van der Waals surface area contributed by atoms with Crippen LogP contribution in [0, 0.1) is 5.92 Å². The zero-order chi connectivity index (χ0) is 18.4. The lowest BCUT2D eigenvalue weighted by Gasteiger charge is -2.35. The molecule has 6 heteroatoms. The van der Waals surface area contributed by atoms with Crippen LogP contribution in [0.2, 0.25) is 0 Å². The van der Waals surface area contributed by atoms with Crippen LogP contribution in [0.15, 0.2) is 59.2 Å². The van der Waals surface area contributed by atoms with Crippen LogP contribution < -0.4 is 5.32 Å². The summed E-state index contributed by atoms with van der Waals surface area (Å²) in [6.07, 6.45) is 4.70. The third-order valence-electron chi connectivity index (χ3n) is 4.52. The van der Waals surface area contributed by atoms with Crippen molar-refractivity contribution < 1.29 is 19.1 Å². The van der Waals surface area contributed by atoms with Crippen LogP contribution in [0.1, 0.15) is 22.5 Å². The molecule has 136 valence electrons. The first-order valence-electron chi connectivity index (χ1n) is 8.65. The van der Waals surface area contributed by atoms with Gasteiger partial charge < -0.3 is 19.7 Å². The smallest absolute Gasteiger partial charge is 0.286 e. The van der Waals surface area contributed by atoms with Gasteiger partial charge in [0.2, 0.25) is 5.91 Å². The third kappa shape index (κ3) is 4.61. The number of nitrogens with zero attached hydrogens (tertiary/aromatic N) is 1. The van der Waals surface area contributed by atoms with Crippen LogP contribution in [0.5, 0.6) is 0 Å². The van der Waals surface area contributed by atoms with Crippen molar-refractivity contribution in [1.29, 1.82) is 0 Å². The summed E-state index contributed by atoms with van der Waals surface area (Å²) in [6, 6.07) is 12.8. The Kier molecular flexibility index (Phi) is 5.86. The molecule has 1 aromatic carbocycles. The molecule has 6 nitrogen and oxygen atoms in total. The summed E-state index contributed by atoms with van der Waals surface area (Å²) in [7, 11) is 0. The summed E-state index contributed by atoms with van der Waals surface area (Å²) in [5, 5.41) is 13.1. The number of likely N-dealkylation sites (tertiary alicyclic amines) is 1. The van der Waals surface area contributed by atoms with Crippen LogP contribution in [-0.4, -0.2) is 47.6 Å². The molecule has 0 aliphatic carbocycles. The second-order valence-electron chi connectivity index (χ2n) is 6.33. The van der Waals surface area contributed by atoms with Gasteiger partial charge in [0, 0.05) is 31.6 Å². The summed E-state index contributed by atoms with van der Waals surface area (Å²) >= 11 is 0. The van der Waals surface area contributed by atoms with Gasteiger partial charge in [-0.15, -0.1) is 0 Å². The lowest BCUT2D eigenvalue weighted by atomic mass is 9.93. The van der Waals surface area contributed by atoms with E-state index in [1.807, 2.05) is 30.3 Å². The highest BCUT2D eigenvalue weighted by Gasteiger charge is 2.29. The van der Waals surface area contributed by atoms with E-state index in [0.717, 1.165) is 5.56 Å². The van der Waals surface area contributed by atoms with E-state index < -0.39 is 6.10 Å². The molecule has 1 fully saturated rings. The Bertz CT molecular complexity index is 755. The quantitative estimate of drug-likeness (QED) is 0.804. The van der Waals surface area contributed by atoms with E-state index in [-0.39, 0.29) is 30.0 Å². The average molecular weight is 354 g/mol. The number of benzene rings is 1. The molecule has 1 aliphatic rings. The lowest BCUT2D eigenvalue weighted by Crippen LogP contribution is -2.49. The van der Waals surface area contributed by atoms with Crippen molar-refractivity contribution in [3.05, 3.63) is 66.1 Å². The number of carbonyl (C=O) groups excluding carboxylic acids is 2. The Morgan fingerprint density at radius 2 is 2.04 bits per heavy atom. The maximum atomic E-state index is 12.3. The molecule has 0 bridgehead atoms. The molecular weight excluding hydrogens is 332 g/mol. The molecule has 0 unspecified atom stereocenters. The van der Waals surface area contributed by atoms with Gasteiger partial charge in [0.1, 0.15) is 0 Å². The molecule has 2 atom stereocenters. The molecule has 3 rings (SSSR count). The monoisotopic (exact) mass is 354 g/mol. The molecule has 1 saturated heterocycles. The lowest BCUT2D eigenvalue weighted by molar-refractivity contribution is -0.130. The fraction of sp³-hybridized carbons (Fsp3) is 0.300. The van der Waals surface area contributed by atoms with Crippen molar-refractivity contribution >= 4 is 17.9 Å². The second kappa shape index (κ2) is 8.49. The van der Waals surface area contributed by atoms with E-state index in [9.17, 15) is 14.7 Å². The first-order chi connectivity index (χ1) is 12.6. The molecule has 0 radical (unpaired) electrons. The van der Waals surface area contributed by atoms with Gasteiger partial charge in [0.15, 0.2) is 5.76 Å². The maximum Gasteiger partial charge on any atom is 0.286 e. The van der Waals surface area contributed by atoms with Crippen molar-refractivity contribution in [2.45, 2.75) is 12.5 Å². The summed E-state index contributed by atoms with van der Waals surface area (Å²) in [6.45, 7) is 1.16. The van der Waals surface area contributed by atoms with E-state index in [2.05, 4.69) is 5.32 Å². The second-order valence-corrected chi connectivity index (χ2v) is 6.33. The van der Waals surface area contributed by atoms with Crippen molar-refractivity contribution in [2.24, 2.45) is 5.92 Å². The zero-order valence-corrected chi connectivity index (χ0v) is 14.4. The number of rotatable bonds is 5. The topological polar surface area (TPSA) is 82.8 Å². The number of hydrogen-bond donors (Lipinski definition) is 2. The molecule has 0 saturated carbocycles. The standard InChI is InChI=1S/C20H22N2O4/c23-17-14-22(19(24)9-8-15-5-2-1-3-6-15)11-10-16(17)13-21-20(25)18-7-4-12-26-18/h1-9,12,16-17,23H,10-11,13-14H2,(H,21,25)/t16-,17+/m0/s1. The Morgan fingerprint density at radius 1 is 1.23 bits per heavy atom. The van der Waals surface area contributed by atoms with Gasteiger partial charge in [-0.25, -0.2) is 0 Å². The van der Waals surface area contributed by atoms with E-state index in [4.69, 9.17) is 4.42 Å². The van der Waals surface area contributed by atoms with E-state index in [1.54, 1.807) is 23.1 Å². The average Bonchev–Trinajstić information content (AvgIpc) is 3.20. The molecule has 2 aromatic rings. The Hall–Kier alpha value is -2.86. The normalized spacial score (nSPS) is 20.3. The number of aliphatic hydroxyl groups is 1. The Labute approximate surface area is 152 Å². The minimum absolute atomic E-state index is 0.0870. The zero-order valence-electron chi connectivity index (χ0n) is 14.4. The summed E-state index contributed by atoms with van der Waals surface area (Å²) < 4.78 is 5.04. The largest absolute Gasteiger partial charge is 0.459 e. The van der Waals surface area contributed by atoms with E-state index in [0.29, 0.717) is 19.5 Å². The molecule has 0 spiro atoms. The van der Waals surface area contributed by atoms with Gasteiger partial charge in [-0.3, -0.25) is 9.59 Å². The number of amides is 2. The molecular formula is C20H22N2O4. The number of piperidine rings is 1. The SMILES string of the molecule is O=C(NC[C@@H]1CCN(C(=O)C=Cc2ccccc2)C[C@H]1O)c1ccco1. The fourth-order valence-corrected chi connectivity index (χ4v) is 2.97. The van der Waals surface area contributed by atoms with Crippen molar-refractivity contribution in [3.63, 3.8) is 0 Å². The highest BCUT2D eigenvalue weighted by atomic mass is 16.3.